The van der Waals surface area contributed by atoms with Crippen molar-refractivity contribution >= 4 is 0 Å². The molecule has 0 spiro atoms. The summed E-state index contributed by atoms with van der Waals surface area (Å²) in [6.07, 6.45) is 3.91. The Morgan fingerprint density at radius 3 is 2.88 bits per heavy atom. The molecule has 1 saturated carbocycles. The van der Waals surface area contributed by atoms with Crippen molar-refractivity contribution in [1.29, 1.82) is 0 Å². The third-order valence-electron chi connectivity index (χ3n) is 3.36. The van der Waals surface area contributed by atoms with Gasteiger partial charge in [0.25, 0.3) is 0 Å². The molecular weight excluding hydrogens is 200 g/mol. The zero-order valence-electron chi connectivity index (χ0n) is 10.3. The molecule has 0 amide bonds. The van der Waals surface area contributed by atoms with Gasteiger partial charge in [-0.1, -0.05) is 5.57 Å². The first-order valence-corrected chi connectivity index (χ1v) is 6.53. The fourth-order valence-electron chi connectivity index (χ4n) is 1.79. The van der Waals surface area contributed by atoms with Crippen LogP contribution in [0.15, 0.2) is 11.1 Å². The molecule has 3 heteroatoms. The van der Waals surface area contributed by atoms with Crippen molar-refractivity contribution in [3.05, 3.63) is 11.1 Å². The monoisotopic (exact) mass is 224 g/mol. The van der Waals surface area contributed by atoms with E-state index < -0.39 is 0 Å². The van der Waals surface area contributed by atoms with E-state index in [-0.39, 0.29) is 0 Å². The number of hydrogen-bond acceptors (Lipinski definition) is 3. The lowest BCUT2D eigenvalue weighted by atomic mass is 10.0. The lowest BCUT2D eigenvalue weighted by Gasteiger charge is -2.22. The van der Waals surface area contributed by atoms with Crippen LogP contribution >= 0.6 is 0 Å². The molecule has 0 aromatic heterocycles. The van der Waals surface area contributed by atoms with Crippen LogP contribution in [0.1, 0.15) is 26.2 Å². The molecule has 0 radical (unpaired) electrons. The first-order chi connectivity index (χ1) is 7.86. The van der Waals surface area contributed by atoms with Gasteiger partial charge in [-0.15, -0.1) is 0 Å². The zero-order valence-corrected chi connectivity index (χ0v) is 10.3. The largest absolute Gasteiger partial charge is 0.381 e. The first-order valence-electron chi connectivity index (χ1n) is 6.53. The molecular formula is C13H24N2O. The fraction of sp³-hybridized carbons (Fsp3) is 0.846. The van der Waals surface area contributed by atoms with E-state index >= 15 is 0 Å². The molecule has 1 aliphatic heterocycles. The molecule has 2 N–H and O–H groups in total. The summed E-state index contributed by atoms with van der Waals surface area (Å²) in [5, 5.41) is 6.74. The molecule has 1 aliphatic carbocycles. The van der Waals surface area contributed by atoms with Gasteiger partial charge in [-0.25, -0.2) is 0 Å². The van der Waals surface area contributed by atoms with Gasteiger partial charge in [-0.2, -0.15) is 0 Å². The van der Waals surface area contributed by atoms with E-state index in [1.807, 2.05) is 0 Å². The molecule has 0 bridgehead atoms. The zero-order chi connectivity index (χ0) is 11.2. The van der Waals surface area contributed by atoms with Gasteiger partial charge >= 0.3 is 0 Å². The van der Waals surface area contributed by atoms with Gasteiger partial charge in [0, 0.05) is 32.8 Å². The third-order valence-corrected chi connectivity index (χ3v) is 3.36. The predicted octanol–water partition coefficient (Wildman–Crippen LogP) is 1.31. The molecule has 92 valence electrons. The van der Waals surface area contributed by atoms with Crippen molar-refractivity contribution in [3.63, 3.8) is 0 Å². The molecule has 1 saturated heterocycles. The average Bonchev–Trinajstić information content (AvgIpc) is 2.97. The van der Waals surface area contributed by atoms with Crippen molar-refractivity contribution in [3.8, 4) is 0 Å². The van der Waals surface area contributed by atoms with E-state index in [2.05, 4.69) is 17.6 Å². The van der Waals surface area contributed by atoms with Crippen molar-refractivity contribution < 1.29 is 4.74 Å². The summed E-state index contributed by atoms with van der Waals surface area (Å²) >= 11 is 0. The minimum Gasteiger partial charge on any atom is -0.381 e. The Kier molecular flexibility index (Phi) is 4.82. The predicted molar refractivity (Wildman–Crippen MR) is 66.6 cm³/mol. The topological polar surface area (TPSA) is 33.3 Å². The summed E-state index contributed by atoms with van der Waals surface area (Å²) < 4.78 is 5.58. The Morgan fingerprint density at radius 2 is 2.25 bits per heavy atom. The van der Waals surface area contributed by atoms with E-state index in [0.29, 0.717) is 0 Å². The van der Waals surface area contributed by atoms with E-state index in [9.17, 15) is 0 Å². The Bertz CT molecular complexity index is 240. The highest BCUT2D eigenvalue weighted by Crippen LogP contribution is 2.28. The Balaban J connectivity index is 1.39. The van der Waals surface area contributed by atoms with Crippen LogP contribution in [0.25, 0.3) is 0 Å². The second-order valence-corrected chi connectivity index (χ2v) is 5.04. The van der Waals surface area contributed by atoms with Crippen molar-refractivity contribution in [2.45, 2.75) is 26.2 Å². The molecule has 0 atom stereocenters. The van der Waals surface area contributed by atoms with Gasteiger partial charge < -0.3 is 15.4 Å². The van der Waals surface area contributed by atoms with E-state index in [4.69, 9.17) is 4.74 Å². The Labute approximate surface area is 98.6 Å². The summed E-state index contributed by atoms with van der Waals surface area (Å²) in [6.45, 7) is 8.45. The lowest BCUT2D eigenvalue weighted by Crippen LogP contribution is -2.36. The number of hydrogen-bond donors (Lipinski definition) is 2. The van der Waals surface area contributed by atoms with Crippen LogP contribution in [0.5, 0.6) is 0 Å². The highest BCUT2D eigenvalue weighted by atomic mass is 16.5. The summed E-state index contributed by atoms with van der Waals surface area (Å²) in [7, 11) is 0. The van der Waals surface area contributed by atoms with Gasteiger partial charge in [0.05, 0.1) is 0 Å². The number of ether oxygens (including phenoxy) is 1. The van der Waals surface area contributed by atoms with Gasteiger partial charge in [-0.3, -0.25) is 0 Å². The van der Waals surface area contributed by atoms with Gasteiger partial charge in [0.15, 0.2) is 0 Å². The SMILES string of the molecule is CC(CNCCCOCC1CC1)=C1CNC1. The number of rotatable bonds is 8. The normalized spacial score (nSPS) is 19.7. The first kappa shape index (κ1) is 12.1. The van der Waals surface area contributed by atoms with Crippen LogP contribution in [0.4, 0.5) is 0 Å². The number of nitrogens with one attached hydrogen (secondary N) is 2. The third kappa shape index (κ3) is 4.24. The van der Waals surface area contributed by atoms with E-state index in [0.717, 1.165) is 51.7 Å². The highest BCUT2D eigenvalue weighted by Gasteiger charge is 2.20. The highest BCUT2D eigenvalue weighted by molar-refractivity contribution is 5.22. The second kappa shape index (κ2) is 6.38. The summed E-state index contributed by atoms with van der Waals surface area (Å²) in [6, 6.07) is 0. The van der Waals surface area contributed by atoms with Gasteiger partial charge in [-0.05, 0) is 44.2 Å². The molecule has 1 heterocycles. The summed E-state index contributed by atoms with van der Waals surface area (Å²) in [4.78, 5) is 0. The van der Waals surface area contributed by atoms with E-state index in [1.165, 1.54) is 18.4 Å². The van der Waals surface area contributed by atoms with Crippen LogP contribution in [0, 0.1) is 5.92 Å². The van der Waals surface area contributed by atoms with Crippen molar-refractivity contribution in [2.24, 2.45) is 5.92 Å². The van der Waals surface area contributed by atoms with Crippen LogP contribution in [-0.2, 0) is 4.74 Å². The molecule has 0 aromatic carbocycles. The maximum absolute atomic E-state index is 5.58. The fourth-order valence-corrected chi connectivity index (χ4v) is 1.79. The molecule has 0 aromatic rings. The maximum Gasteiger partial charge on any atom is 0.0494 e. The quantitative estimate of drug-likeness (QED) is 0.482. The second-order valence-electron chi connectivity index (χ2n) is 5.04. The van der Waals surface area contributed by atoms with E-state index in [1.54, 1.807) is 5.57 Å². The summed E-state index contributed by atoms with van der Waals surface area (Å²) in [5.41, 5.74) is 3.09. The molecule has 2 fully saturated rings. The molecule has 3 nitrogen and oxygen atoms in total. The summed E-state index contributed by atoms with van der Waals surface area (Å²) in [5.74, 6) is 0.894. The van der Waals surface area contributed by atoms with Crippen molar-refractivity contribution in [1.82, 2.24) is 10.6 Å². The van der Waals surface area contributed by atoms with Gasteiger partial charge in [0.1, 0.15) is 0 Å². The molecule has 2 aliphatic rings. The van der Waals surface area contributed by atoms with Crippen LogP contribution in [0.2, 0.25) is 0 Å². The minimum atomic E-state index is 0.894. The van der Waals surface area contributed by atoms with Crippen molar-refractivity contribution in [2.75, 3.05) is 39.4 Å². The Hall–Kier alpha value is -0.380. The van der Waals surface area contributed by atoms with Crippen LogP contribution in [0.3, 0.4) is 0 Å². The smallest absolute Gasteiger partial charge is 0.0494 e. The molecule has 16 heavy (non-hydrogen) atoms. The standard InChI is InChI=1S/C13H24N2O/c1-11(13-8-15-9-13)7-14-5-2-6-16-10-12-3-4-12/h12,14-15H,2-10H2,1H3. The van der Waals surface area contributed by atoms with Gasteiger partial charge in [0.2, 0.25) is 0 Å². The molecule has 2 rings (SSSR count). The maximum atomic E-state index is 5.58. The Morgan fingerprint density at radius 1 is 1.44 bits per heavy atom. The lowest BCUT2D eigenvalue weighted by molar-refractivity contribution is 0.122. The average molecular weight is 224 g/mol. The van der Waals surface area contributed by atoms with Crippen LogP contribution in [-0.4, -0.2) is 39.4 Å². The minimum absolute atomic E-state index is 0.894. The molecule has 0 unspecified atom stereocenters. The van der Waals surface area contributed by atoms with Crippen LogP contribution < -0.4 is 10.6 Å².